The van der Waals surface area contributed by atoms with Gasteiger partial charge in [-0.3, -0.25) is 4.68 Å². The van der Waals surface area contributed by atoms with E-state index in [0.29, 0.717) is 12.6 Å². The maximum absolute atomic E-state index is 4.80. The Morgan fingerprint density at radius 2 is 1.97 bits per heavy atom. The summed E-state index contributed by atoms with van der Waals surface area (Å²) in [6.07, 6.45) is 6.24. The van der Waals surface area contributed by atoms with Gasteiger partial charge in [0.05, 0.1) is 24.3 Å². The molecule has 0 spiro atoms. The predicted octanol–water partition coefficient (Wildman–Crippen LogP) is 3.72. The molecule has 0 radical (unpaired) electrons. The minimum absolute atomic E-state index is 0.458. The molecule has 158 valence electrons. The van der Waals surface area contributed by atoms with Crippen LogP contribution in [0.1, 0.15) is 30.9 Å². The van der Waals surface area contributed by atoms with Crippen molar-refractivity contribution in [1.82, 2.24) is 20.4 Å². The average molecular weight is 423 g/mol. The lowest BCUT2D eigenvalue weighted by atomic mass is 10.1. The van der Waals surface area contributed by atoms with Gasteiger partial charge in [0, 0.05) is 37.4 Å². The second kappa shape index (κ2) is 10.3. The summed E-state index contributed by atoms with van der Waals surface area (Å²) in [5.41, 5.74) is 2.37. The van der Waals surface area contributed by atoms with Gasteiger partial charge in [-0.1, -0.05) is 30.3 Å². The molecule has 3 heterocycles. The van der Waals surface area contributed by atoms with Gasteiger partial charge in [-0.25, -0.2) is 4.99 Å². The lowest BCUT2D eigenvalue weighted by molar-refractivity contribution is 0.463. The molecule has 0 saturated carbocycles. The Morgan fingerprint density at radius 3 is 2.70 bits per heavy atom. The fraction of sp³-hybridized carbons (Fsp3) is 0.391. The predicted molar refractivity (Wildman–Crippen MR) is 125 cm³/mol. The summed E-state index contributed by atoms with van der Waals surface area (Å²) in [6.45, 7) is 6.54. The summed E-state index contributed by atoms with van der Waals surface area (Å²) in [5, 5.41) is 15.0. The van der Waals surface area contributed by atoms with Crippen molar-refractivity contribution >= 4 is 22.3 Å². The number of piperidine rings is 1. The molecule has 2 N–H and O–H groups in total. The van der Waals surface area contributed by atoms with Crippen LogP contribution in [0.2, 0.25) is 0 Å². The molecule has 1 fully saturated rings. The van der Waals surface area contributed by atoms with Gasteiger partial charge in [0.2, 0.25) is 0 Å². The number of rotatable bonds is 7. The Balaban J connectivity index is 1.30. The highest BCUT2D eigenvalue weighted by atomic mass is 32.1. The third kappa shape index (κ3) is 5.63. The number of aromatic nitrogens is 2. The third-order valence-electron chi connectivity index (χ3n) is 5.29. The molecule has 0 unspecified atom stereocenters. The number of thiophene rings is 1. The lowest BCUT2D eigenvalue weighted by Crippen LogP contribution is -2.48. The molecule has 2 aromatic heterocycles. The lowest BCUT2D eigenvalue weighted by Gasteiger charge is -2.33. The highest BCUT2D eigenvalue weighted by Gasteiger charge is 2.20. The molecular formula is C23H30N6S. The van der Waals surface area contributed by atoms with E-state index in [2.05, 4.69) is 75.5 Å². The maximum Gasteiger partial charge on any atom is 0.191 e. The Bertz CT molecular complexity index is 910. The highest BCUT2D eigenvalue weighted by molar-refractivity contribution is 7.14. The number of nitrogens with zero attached hydrogens (tertiary/aromatic N) is 4. The molecule has 30 heavy (non-hydrogen) atoms. The van der Waals surface area contributed by atoms with Crippen LogP contribution in [0.15, 0.2) is 65.2 Å². The first kappa shape index (κ1) is 20.5. The van der Waals surface area contributed by atoms with Crippen LogP contribution in [0.3, 0.4) is 0 Å². The molecule has 7 heteroatoms. The van der Waals surface area contributed by atoms with Crippen LogP contribution in [0.5, 0.6) is 0 Å². The quantitative estimate of drug-likeness (QED) is 0.450. The third-order valence-corrected chi connectivity index (χ3v) is 6.22. The Morgan fingerprint density at radius 1 is 1.13 bits per heavy atom. The largest absolute Gasteiger partial charge is 0.363 e. The fourth-order valence-electron chi connectivity index (χ4n) is 3.72. The minimum atomic E-state index is 0.458. The number of hydrogen-bond acceptors (Lipinski definition) is 4. The maximum atomic E-state index is 4.80. The molecule has 6 nitrogen and oxygen atoms in total. The van der Waals surface area contributed by atoms with E-state index in [1.807, 2.05) is 28.3 Å². The molecule has 1 saturated heterocycles. The molecule has 1 aliphatic heterocycles. The monoisotopic (exact) mass is 422 g/mol. The van der Waals surface area contributed by atoms with Crippen molar-refractivity contribution in [3.63, 3.8) is 0 Å². The van der Waals surface area contributed by atoms with Crippen molar-refractivity contribution in [3.8, 4) is 0 Å². The second-order valence-electron chi connectivity index (χ2n) is 7.58. The van der Waals surface area contributed by atoms with Crippen molar-refractivity contribution in [2.45, 2.75) is 38.9 Å². The van der Waals surface area contributed by atoms with Gasteiger partial charge in [-0.15, -0.1) is 11.3 Å². The zero-order valence-electron chi connectivity index (χ0n) is 17.5. The van der Waals surface area contributed by atoms with Crippen molar-refractivity contribution in [1.29, 1.82) is 0 Å². The summed E-state index contributed by atoms with van der Waals surface area (Å²) in [7, 11) is 0. The summed E-state index contributed by atoms with van der Waals surface area (Å²) >= 11 is 1.82. The second-order valence-corrected chi connectivity index (χ2v) is 8.51. The van der Waals surface area contributed by atoms with E-state index in [0.717, 1.165) is 50.5 Å². The van der Waals surface area contributed by atoms with Gasteiger partial charge in [-0.2, -0.15) is 5.10 Å². The van der Waals surface area contributed by atoms with Crippen molar-refractivity contribution in [2.75, 3.05) is 24.5 Å². The molecule has 0 amide bonds. The van der Waals surface area contributed by atoms with Crippen molar-refractivity contribution in [3.05, 3.63) is 71.4 Å². The number of guanidine groups is 1. The Labute approximate surface area is 182 Å². The smallest absolute Gasteiger partial charge is 0.191 e. The summed E-state index contributed by atoms with van der Waals surface area (Å²) < 4.78 is 1.97. The molecule has 1 aromatic carbocycles. The highest BCUT2D eigenvalue weighted by Crippen LogP contribution is 2.24. The molecule has 3 aromatic rings. The topological polar surface area (TPSA) is 57.5 Å². The number of aliphatic imine (C=N–C) groups is 1. The molecule has 4 rings (SSSR count). The normalized spacial score (nSPS) is 15.4. The van der Waals surface area contributed by atoms with Crippen molar-refractivity contribution < 1.29 is 0 Å². The SMILES string of the molecule is CCNC(=NCc1cnn(Cc2ccccc2)c1)NC1CCN(c2cccs2)CC1. The van der Waals surface area contributed by atoms with E-state index in [1.54, 1.807) is 0 Å². The van der Waals surface area contributed by atoms with Gasteiger partial charge >= 0.3 is 0 Å². The zero-order chi connectivity index (χ0) is 20.6. The first-order chi connectivity index (χ1) is 14.8. The van der Waals surface area contributed by atoms with E-state index < -0.39 is 0 Å². The van der Waals surface area contributed by atoms with Gasteiger partial charge in [-0.05, 0) is 42.8 Å². The molecule has 1 aliphatic rings. The average Bonchev–Trinajstić information content (AvgIpc) is 3.46. The minimum Gasteiger partial charge on any atom is -0.363 e. The molecule has 0 aliphatic carbocycles. The molecule has 0 atom stereocenters. The van der Waals surface area contributed by atoms with Crippen LogP contribution >= 0.6 is 11.3 Å². The van der Waals surface area contributed by atoms with E-state index in [4.69, 9.17) is 4.99 Å². The fourth-order valence-corrected chi connectivity index (χ4v) is 4.51. The number of nitrogens with one attached hydrogen (secondary N) is 2. The van der Waals surface area contributed by atoms with E-state index in [-0.39, 0.29) is 0 Å². The van der Waals surface area contributed by atoms with Crippen LogP contribution in [-0.4, -0.2) is 41.4 Å². The van der Waals surface area contributed by atoms with E-state index in [9.17, 15) is 0 Å². The van der Waals surface area contributed by atoms with Crippen LogP contribution in [-0.2, 0) is 13.1 Å². The Kier molecular flexibility index (Phi) is 7.03. The van der Waals surface area contributed by atoms with Crippen LogP contribution in [0.4, 0.5) is 5.00 Å². The van der Waals surface area contributed by atoms with E-state index >= 15 is 0 Å². The molecule has 0 bridgehead atoms. The summed E-state index contributed by atoms with van der Waals surface area (Å²) in [5.74, 6) is 0.892. The van der Waals surface area contributed by atoms with Crippen LogP contribution < -0.4 is 15.5 Å². The first-order valence-corrected chi connectivity index (χ1v) is 11.6. The summed E-state index contributed by atoms with van der Waals surface area (Å²) in [6, 6.07) is 15.2. The standard InChI is InChI=1S/C23H30N6S/c1-2-24-23(27-21-10-12-28(13-11-21)22-9-6-14-30-22)25-15-20-16-26-29(18-20)17-19-7-4-3-5-8-19/h3-9,14,16,18,21H,2,10-13,15,17H2,1H3,(H2,24,25,27). The Hall–Kier alpha value is -2.80. The number of anilines is 1. The van der Waals surface area contributed by atoms with Crippen LogP contribution in [0, 0.1) is 0 Å². The van der Waals surface area contributed by atoms with E-state index in [1.165, 1.54) is 10.6 Å². The van der Waals surface area contributed by atoms with Gasteiger partial charge in [0.1, 0.15) is 0 Å². The molecular weight excluding hydrogens is 392 g/mol. The van der Waals surface area contributed by atoms with Crippen LogP contribution in [0.25, 0.3) is 0 Å². The van der Waals surface area contributed by atoms with Gasteiger partial charge < -0.3 is 15.5 Å². The number of hydrogen-bond donors (Lipinski definition) is 2. The summed E-state index contributed by atoms with van der Waals surface area (Å²) in [4.78, 5) is 7.28. The van der Waals surface area contributed by atoms with Gasteiger partial charge in [0.15, 0.2) is 5.96 Å². The van der Waals surface area contributed by atoms with Gasteiger partial charge in [0.25, 0.3) is 0 Å². The number of benzene rings is 1. The van der Waals surface area contributed by atoms with Crippen molar-refractivity contribution in [2.24, 2.45) is 4.99 Å². The zero-order valence-corrected chi connectivity index (χ0v) is 18.3. The first-order valence-electron chi connectivity index (χ1n) is 10.7.